The number of hydrogen-bond donors (Lipinski definition) is 1. The van der Waals surface area contributed by atoms with Crippen LogP contribution in [-0.2, 0) is 6.54 Å². The van der Waals surface area contributed by atoms with Crippen molar-refractivity contribution in [3.8, 4) is 5.69 Å². The molecule has 4 aromatic rings. The van der Waals surface area contributed by atoms with Crippen LogP contribution >= 0.6 is 12.2 Å². The Bertz CT molecular complexity index is 1150. The van der Waals surface area contributed by atoms with E-state index in [2.05, 4.69) is 69.3 Å². The third-order valence-corrected chi connectivity index (χ3v) is 5.82. The molecule has 1 saturated heterocycles. The minimum absolute atomic E-state index is 0.0342. The molecule has 0 amide bonds. The zero-order valence-electron chi connectivity index (χ0n) is 16.6. The molecule has 0 unspecified atom stereocenters. The number of aryl methyl sites for hydroxylation is 1. The van der Waals surface area contributed by atoms with Gasteiger partial charge in [0, 0.05) is 23.8 Å². The van der Waals surface area contributed by atoms with E-state index in [1.54, 1.807) is 6.26 Å². The Labute approximate surface area is 181 Å². The third-order valence-electron chi connectivity index (χ3n) is 5.47. The van der Waals surface area contributed by atoms with Gasteiger partial charge in [0.2, 0.25) is 0 Å². The van der Waals surface area contributed by atoms with Gasteiger partial charge in [0.15, 0.2) is 5.11 Å². The SMILES string of the molecule is Cc1cccc(-n2cccc2[C@H]2[C@@H](c3ccccn3)NC(=S)N2Cc2ccco2)c1. The molecule has 2 atom stereocenters. The molecule has 150 valence electrons. The first kappa shape index (κ1) is 18.6. The monoisotopic (exact) mass is 414 g/mol. The second kappa shape index (κ2) is 7.80. The van der Waals surface area contributed by atoms with Crippen LogP contribution in [0.25, 0.3) is 5.69 Å². The molecule has 6 heteroatoms. The summed E-state index contributed by atoms with van der Waals surface area (Å²) >= 11 is 5.76. The van der Waals surface area contributed by atoms with Crippen molar-refractivity contribution in [2.45, 2.75) is 25.6 Å². The maximum Gasteiger partial charge on any atom is 0.170 e. The van der Waals surface area contributed by atoms with Crippen molar-refractivity contribution in [2.75, 3.05) is 0 Å². The number of nitrogens with zero attached hydrogens (tertiary/aromatic N) is 3. The highest BCUT2D eigenvalue weighted by atomic mass is 32.1. The zero-order chi connectivity index (χ0) is 20.5. The second-order valence-electron chi connectivity index (χ2n) is 7.48. The molecule has 0 aliphatic carbocycles. The second-order valence-corrected chi connectivity index (χ2v) is 7.86. The molecule has 1 fully saturated rings. The number of pyridine rings is 1. The van der Waals surface area contributed by atoms with E-state index >= 15 is 0 Å². The summed E-state index contributed by atoms with van der Waals surface area (Å²) in [4.78, 5) is 6.81. The summed E-state index contributed by atoms with van der Waals surface area (Å²) in [6.45, 7) is 2.70. The van der Waals surface area contributed by atoms with Gasteiger partial charge in [-0.2, -0.15) is 0 Å². The predicted octanol–water partition coefficient (Wildman–Crippen LogP) is 4.95. The van der Waals surface area contributed by atoms with Crippen LogP contribution in [0.2, 0.25) is 0 Å². The molecule has 1 N–H and O–H groups in total. The molecule has 1 aromatic carbocycles. The number of thiocarbonyl (C=S) groups is 1. The van der Waals surface area contributed by atoms with E-state index in [0.29, 0.717) is 11.7 Å². The number of furan rings is 1. The van der Waals surface area contributed by atoms with Crippen LogP contribution in [-0.4, -0.2) is 19.6 Å². The Morgan fingerprint density at radius 3 is 2.77 bits per heavy atom. The summed E-state index contributed by atoms with van der Waals surface area (Å²) in [6, 6.07) is 22.5. The fourth-order valence-corrected chi connectivity index (χ4v) is 4.42. The molecule has 0 radical (unpaired) electrons. The summed E-state index contributed by atoms with van der Waals surface area (Å²) in [5.41, 5.74) is 4.46. The number of aromatic nitrogens is 2. The number of rotatable bonds is 5. The number of benzene rings is 1. The first-order valence-corrected chi connectivity index (χ1v) is 10.4. The minimum atomic E-state index is -0.0629. The molecule has 0 bridgehead atoms. The summed E-state index contributed by atoms with van der Waals surface area (Å²) in [7, 11) is 0. The van der Waals surface area contributed by atoms with Gasteiger partial charge >= 0.3 is 0 Å². The lowest BCUT2D eigenvalue weighted by molar-refractivity contribution is 0.280. The first-order valence-electron chi connectivity index (χ1n) is 9.95. The van der Waals surface area contributed by atoms with Crippen LogP contribution in [0.5, 0.6) is 0 Å². The fourth-order valence-electron chi connectivity index (χ4n) is 4.12. The molecule has 4 heterocycles. The Hall–Kier alpha value is -3.38. The van der Waals surface area contributed by atoms with Crippen LogP contribution in [0.3, 0.4) is 0 Å². The van der Waals surface area contributed by atoms with E-state index in [9.17, 15) is 0 Å². The smallest absolute Gasteiger partial charge is 0.170 e. The van der Waals surface area contributed by atoms with Gasteiger partial charge in [-0.05, 0) is 73.2 Å². The van der Waals surface area contributed by atoms with Gasteiger partial charge in [-0.1, -0.05) is 18.2 Å². The van der Waals surface area contributed by atoms with Crippen molar-refractivity contribution in [2.24, 2.45) is 0 Å². The molecular formula is C24H22N4OS. The lowest BCUT2D eigenvalue weighted by atomic mass is 10.0. The van der Waals surface area contributed by atoms with Gasteiger partial charge in [0.1, 0.15) is 5.76 Å². The highest BCUT2D eigenvalue weighted by molar-refractivity contribution is 7.80. The first-order chi connectivity index (χ1) is 14.7. The molecule has 30 heavy (non-hydrogen) atoms. The van der Waals surface area contributed by atoms with Crippen molar-refractivity contribution < 1.29 is 4.42 Å². The van der Waals surface area contributed by atoms with Gasteiger partial charge < -0.3 is 19.2 Å². The standard InChI is InChI=1S/C24H22N4OS/c1-17-7-4-8-18(15-17)27-13-5-11-21(27)23-22(20-10-2-3-12-25-20)26-24(30)28(23)16-19-9-6-14-29-19/h2-15,22-23H,16H2,1H3,(H,26,30)/t22-,23+/m1/s1. The van der Waals surface area contributed by atoms with Crippen molar-refractivity contribution >= 4 is 17.3 Å². The van der Waals surface area contributed by atoms with Crippen LogP contribution in [0, 0.1) is 6.92 Å². The molecule has 5 nitrogen and oxygen atoms in total. The molecule has 0 spiro atoms. The van der Waals surface area contributed by atoms with E-state index < -0.39 is 0 Å². The van der Waals surface area contributed by atoms with Crippen LogP contribution < -0.4 is 5.32 Å². The van der Waals surface area contributed by atoms with Crippen molar-refractivity contribution in [3.05, 3.63) is 108 Å². The zero-order valence-corrected chi connectivity index (χ0v) is 17.4. The summed E-state index contributed by atoms with van der Waals surface area (Å²) < 4.78 is 7.86. The van der Waals surface area contributed by atoms with E-state index in [0.717, 1.165) is 22.8 Å². The van der Waals surface area contributed by atoms with Gasteiger partial charge in [-0.15, -0.1) is 0 Å². The highest BCUT2D eigenvalue weighted by Crippen LogP contribution is 2.40. The topological polar surface area (TPSA) is 46.2 Å². The fraction of sp³-hybridized carbons (Fsp3) is 0.167. The van der Waals surface area contributed by atoms with Crippen molar-refractivity contribution in [1.29, 1.82) is 0 Å². The van der Waals surface area contributed by atoms with E-state index in [4.69, 9.17) is 16.6 Å². The van der Waals surface area contributed by atoms with Crippen molar-refractivity contribution in [1.82, 2.24) is 19.8 Å². The summed E-state index contributed by atoms with van der Waals surface area (Å²) in [5, 5.41) is 4.20. The third kappa shape index (κ3) is 3.39. The summed E-state index contributed by atoms with van der Waals surface area (Å²) in [6.07, 6.45) is 5.63. The Kier molecular flexibility index (Phi) is 4.85. The Balaban J connectivity index is 1.61. The Morgan fingerprint density at radius 2 is 2.00 bits per heavy atom. The van der Waals surface area contributed by atoms with Crippen LogP contribution in [0.15, 0.2) is 89.8 Å². The average molecular weight is 415 g/mol. The van der Waals surface area contributed by atoms with E-state index in [1.807, 2.05) is 36.5 Å². The van der Waals surface area contributed by atoms with Gasteiger partial charge in [-0.25, -0.2) is 0 Å². The van der Waals surface area contributed by atoms with E-state index in [-0.39, 0.29) is 12.1 Å². The molecular weight excluding hydrogens is 392 g/mol. The Morgan fingerprint density at radius 1 is 1.07 bits per heavy atom. The summed E-state index contributed by atoms with van der Waals surface area (Å²) in [5.74, 6) is 0.875. The lowest BCUT2D eigenvalue weighted by Crippen LogP contribution is -2.29. The van der Waals surface area contributed by atoms with Crippen LogP contribution in [0.1, 0.15) is 34.8 Å². The largest absolute Gasteiger partial charge is 0.467 e. The van der Waals surface area contributed by atoms with Gasteiger partial charge in [0.05, 0.1) is 30.6 Å². The number of hydrogen-bond acceptors (Lipinski definition) is 3. The number of nitrogens with one attached hydrogen (secondary N) is 1. The molecule has 5 rings (SSSR count). The van der Waals surface area contributed by atoms with Gasteiger partial charge in [0.25, 0.3) is 0 Å². The van der Waals surface area contributed by atoms with Gasteiger partial charge in [-0.3, -0.25) is 4.98 Å². The van der Waals surface area contributed by atoms with Crippen LogP contribution in [0.4, 0.5) is 0 Å². The predicted molar refractivity (Wildman–Crippen MR) is 120 cm³/mol. The van der Waals surface area contributed by atoms with Crippen molar-refractivity contribution in [3.63, 3.8) is 0 Å². The van der Waals surface area contributed by atoms with E-state index in [1.165, 1.54) is 5.56 Å². The highest BCUT2D eigenvalue weighted by Gasteiger charge is 2.41. The maximum atomic E-state index is 5.76. The average Bonchev–Trinajstić information content (AvgIpc) is 3.50. The molecule has 3 aromatic heterocycles. The molecule has 1 aliphatic rings. The quantitative estimate of drug-likeness (QED) is 0.469. The maximum absolute atomic E-state index is 5.76. The molecule has 0 saturated carbocycles. The lowest BCUT2D eigenvalue weighted by Gasteiger charge is -2.28. The molecule has 1 aliphatic heterocycles. The minimum Gasteiger partial charge on any atom is -0.467 e. The normalized spacial score (nSPS) is 18.6.